The lowest BCUT2D eigenvalue weighted by atomic mass is 9.89. The maximum absolute atomic E-state index is 12.1. The molecule has 8 heteroatoms. The van der Waals surface area contributed by atoms with E-state index in [0.717, 1.165) is 42.5 Å². The molecule has 4 N–H and O–H groups in total. The fraction of sp³-hybridized carbons (Fsp3) is 0.500. The monoisotopic (exact) mass is 404 g/mol. The molecule has 0 saturated heterocycles. The number of anilines is 1. The van der Waals surface area contributed by atoms with E-state index in [0.29, 0.717) is 0 Å². The lowest BCUT2D eigenvalue weighted by molar-refractivity contribution is -0.125. The van der Waals surface area contributed by atoms with E-state index in [1.807, 2.05) is 32.0 Å². The molecule has 152 valence electrons. The molecule has 28 heavy (non-hydrogen) atoms. The number of hydrogen-bond donors (Lipinski definition) is 4. The summed E-state index contributed by atoms with van der Waals surface area (Å²) >= 11 is 5.03. The number of hydrazine groups is 1. The highest BCUT2D eigenvalue weighted by molar-refractivity contribution is 7.80. The van der Waals surface area contributed by atoms with Gasteiger partial charge in [0.15, 0.2) is 5.11 Å². The van der Waals surface area contributed by atoms with Crippen LogP contribution in [0.25, 0.3) is 0 Å². The van der Waals surface area contributed by atoms with E-state index < -0.39 is 0 Å². The van der Waals surface area contributed by atoms with Crippen LogP contribution < -0.4 is 21.5 Å². The molecule has 0 unspecified atom stereocenters. The SMILES string of the molecule is Cc1ccc(NC(=O)CCC(=O)NNC(=S)NC(=O)C2CCCCC2)c(C)c1. The highest BCUT2D eigenvalue weighted by atomic mass is 32.1. The van der Waals surface area contributed by atoms with Gasteiger partial charge in [-0.25, -0.2) is 0 Å². The van der Waals surface area contributed by atoms with Crippen LogP contribution in [-0.4, -0.2) is 22.8 Å². The summed E-state index contributed by atoms with van der Waals surface area (Å²) in [7, 11) is 0. The van der Waals surface area contributed by atoms with Crippen LogP contribution in [0.3, 0.4) is 0 Å². The molecule has 1 aromatic carbocycles. The summed E-state index contributed by atoms with van der Waals surface area (Å²) < 4.78 is 0. The van der Waals surface area contributed by atoms with Gasteiger partial charge in [0, 0.05) is 24.4 Å². The van der Waals surface area contributed by atoms with Crippen LogP contribution in [0.2, 0.25) is 0 Å². The number of nitrogens with one attached hydrogen (secondary N) is 4. The Morgan fingerprint density at radius 1 is 1.00 bits per heavy atom. The first-order valence-electron chi connectivity index (χ1n) is 9.62. The van der Waals surface area contributed by atoms with Gasteiger partial charge in [0.05, 0.1) is 0 Å². The Morgan fingerprint density at radius 3 is 2.36 bits per heavy atom. The number of thiocarbonyl (C=S) groups is 1. The summed E-state index contributed by atoms with van der Waals surface area (Å²) in [6.07, 6.45) is 5.07. The van der Waals surface area contributed by atoms with Crippen molar-refractivity contribution >= 4 is 40.7 Å². The number of rotatable bonds is 5. The van der Waals surface area contributed by atoms with E-state index in [4.69, 9.17) is 12.2 Å². The molecule has 0 aromatic heterocycles. The van der Waals surface area contributed by atoms with E-state index in [2.05, 4.69) is 21.5 Å². The smallest absolute Gasteiger partial charge is 0.238 e. The Morgan fingerprint density at radius 2 is 1.68 bits per heavy atom. The summed E-state index contributed by atoms with van der Waals surface area (Å²) in [6, 6.07) is 5.74. The number of carbonyl (C=O) groups is 3. The average molecular weight is 405 g/mol. The van der Waals surface area contributed by atoms with E-state index in [-0.39, 0.29) is 41.6 Å². The van der Waals surface area contributed by atoms with Crippen LogP contribution in [-0.2, 0) is 14.4 Å². The van der Waals surface area contributed by atoms with Crippen molar-refractivity contribution in [3.8, 4) is 0 Å². The number of hydrogen-bond acceptors (Lipinski definition) is 4. The largest absolute Gasteiger partial charge is 0.326 e. The third-order valence-electron chi connectivity index (χ3n) is 4.76. The Labute approximate surface area is 171 Å². The molecule has 3 amide bonds. The maximum atomic E-state index is 12.1. The van der Waals surface area contributed by atoms with Crippen molar-refractivity contribution in [2.75, 3.05) is 5.32 Å². The Bertz CT molecular complexity index is 745. The fourth-order valence-corrected chi connectivity index (χ4v) is 3.34. The highest BCUT2D eigenvalue weighted by Gasteiger charge is 2.21. The van der Waals surface area contributed by atoms with Gasteiger partial charge >= 0.3 is 0 Å². The molecule has 1 saturated carbocycles. The first-order valence-corrected chi connectivity index (χ1v) is 10.0. The first-order chi connectivity index (χ1) is 13.3. The van der Waals surface area contributed by atoms with Crippen molar-refractivity contribution in [2.24, 2.45) is 5.92 Å². The van der Waals surface area contributed by atoms with Crippen LogP contribution in [0.4, 0.5) is 5.69 Å². The molecular formula is C20H28N4O3S. The van der Waals surface area contributed by atoms with Gasteiger partial charge in [0.2, 0.25) is 17.7 Å². The van der Waals surface area contributed by atoms with Crippen LogP contribution in [0, 0.1) is 19.8 Å². The minimum absolute atomic E-state index is 0.00290. The maximum Gasteiger partial charge on any atom is 0.238 e. The summed E-state index contributed by atoms with van der Waals surface area (Å²) in [5.41, 5.74) is 7.74. The first kappa shape index (κ1) is 21.8. The Kier molecular flexibility index (Phi) is 8.38. The molecule has 1 aromatic rings. The predicted octanol–water partition coefficient (Wildman–Crippen LogP) is 2.62. The van der Waals surface area contributed by atoms with Crippen molar-refractivity contribution < 1.29 is 14.4 Å². The van der Waals surface area contributed by atoms with E-state index in [1.165, 1.54) is 6.42 Å². The van der Waals surface area contributed by atoms with E-state index >= 15 is 0 Å². The van der Waals surface area contributed by atoms with Crippen LogP contribution >= 0.6 is 12.2 Å². The molecular weight excluding hydrogens is 376 g/mol. The second kappa shape index (κ2) is 10.8. The van der Waals surface area contributed by atoms with Crippen molar-refractivity contribution in [1.29, 1.82) is 0 Å². The zero-order valence-electron chi connectivity index (χ0n) is 16.4. The van der Waals surface area contributed by atoms with Gasteiger partial charge in [0.1, 0.15) is 0 Å². The van der Waals surface area contributed by atoms with Gasteiger partial charge in [-0.3, -0.25) is 25.2 Å². The molecule has 0 bridgehead atoms. The third kappa shape index (κ3) is 7.26. The van der Waals surface area contributed by atoms with Gasteiger partial charge in [0.25, 0.3) is 0 Å². The summed E-state index contributed by atoms with van der Waals surface area (Å²) in [4.78, 5) is 36.0. The molecule has 1 aliphatic carbocycles. The lowest BCUT2D eigenvalue weighted by Gasteiger charge is -2.21. The Balaban J connectivity index is 1.65. The minimum atomic E-state index is -0.384. The van der Waals surface area contributed by atoms with E-state index in [1.54, 1.807) is 0 Å². The second-order valence-corrected chi connectivity index (χ2v) is 7.60. The standard InChI is InChI=1S/C20H28N4O3S/c1-13-8-9-16(14(2)12-13)21-17(25)10-11-18(26)23-24-20(28)22-19(27)15-6-4-3-5-7-15/h8-9,12,15H,3-7,10-11H2,1-2H3,(H,21,25)(H,23,26)(H2,22,24,27,28). The predicted molar refractivity (Wildman–Crippen MR) is 112 cm³/mol. The number of aryl methyl sites for hydroxylation is 2. The topological polar surface area (TPSA) is 99.3 Å². The second-order valence-electron chi connectivity index (χ2n) is 7.19. The van der Waals surface area contributed by atoms with Gasteiger partial charge in [-0.05, 0) is 50.5 Å². The summed E-state index contributed by atoms with van der Waals surface area (Å²) in [6.45, 7) is 3.90. The van der Waals surface area contributed by atoms with Crippen molar-refractivity contribution in [1.82, 2.24) is 16.2 Å². The molecule has 0 radical (unpaired) electrons. The molecule has 0 spiro atoms. The molecule has 2 rings (SSSR count). The van der Waals surface area contributed by atoms with Gasteiger partial charge in [-0.2, -0.15) is 0 Å². The Hall–Kier alpha value is -2.48. The summed E-state index contributed by atoms with van der Waals surface area (Å²) in [5.74, 6) is -0.752. The number of carbonyl (C=O) groups excluding carboxylic acids is 3. The molecule has 0 heterocycles. The molecule has 0 atom stereocenters. The molecule has 1 aliphatic rings. The quantitative estimate of drug-likeness (QED) is 0.447. The van der Waals surface area contributed by atoms with Crippen LogP contribution in [0.15, 0.2) is 18.2 Å². The minimum Gasteiger partial charge on any atom is -0.326 e. The third-order valence-corrected chi connectivity index (χ3v) is 4.97. The number of amides is 3. The van der Waals surface area contributed by atoms with Crippen molar-refractivity contribution in [2.45, 2.75) is 58.8 Å². The van der Waals surface area contributed by atoms with E-state index in [9.17, 15) is 14.4 Å². The highest BCUT2D eigenvalue weighted by Crippen LogP contribution is 2.23. The number of benzene rings is 1. The fourth-order valence-electron chi connectivity index (χ4n) is 3.19. The van der Waals surface area contributed by atoms with Crippen molar-refractivity contribution in [3.63, 3.8) is 0 Å². The van der Waals surface area contributed by atoms with Gasteiger partial charge in [-0.15, -0.1) is 0 Å². The van der Waals surface area contributed by atoms with Crippen molar-refractivity contribution in [3.05, 3.63) is 29.3 Å². The molecule has 7 nitrogen and oxygen atoms in total. The van der Waals surface area contributed by atoms with Gasteiger partial charge in [-0.1, -0.05) is 37.0 Å². The molecule has 0 aliphatic heterocycles. The zero-order chi connectivity index (χ0) is 20.5. The normalized spacial score (nSPS) is 14.1. The average Bonchev–Trinajstić information content (AvgIpc) is 2.67. The summed E-state index contributed by atoms with van der Waals surface area (Å²) in [5, 5.41) is 5.46. The van der Waals surface area contributed by atoms with Crippen LogP contribution in [0.1, 0.15) is 56.1 Å². The zero-order valence-corrected chi connectivity index (χ0v) is 17.2. The molecule has 1 fully saturated rings. The van der Waals surface area contributed by atoms with Gasteiger partial charge < -0.3 is 10.6 Å². The lowest BCUT2D eigenvalue weighted by Crippen LogP contribution is -2.49. The van der Waals surface area contributed by atoms with Crippen LogP contribution in [0.5, 0.6) is 0 Å².